The van der Waals surface area contributed by atoms with E-state index in [1.54, 1.807) is 18.2 Å². The summed E-state index contributed by atoms with van der Waals surface area (Å²) in [6.07, 6.45) is 1.15. The van der Waals surface area contributed by atoms with Gasteiger partial charge in [0, 0.05) is 18.7 Å². The lowest BCUT2D eigenvalue weighted by molar-refractivity contribution is -0.385. The highest BCUT2D eigenvalue weighted by atomic mass is 127. The number of para-hydroxylation sites is 1. The van der Waals surface area contributed by atoms with Crippen LogP contribution in [0.1, 0.15) is 25.8 Å². The molecule has 0 bridgehead atoms. The summed E-state index contributed by atoms with van der Waals surface area (Å²) in [7, 11) is 0. The molecule has 0 aliphatic heterocycles. The smallest absolute Gasteiger partial charge is 0.274 e. The van der Waals surface area contributed by atoms with Gasteiger partial charge in [-0.3, -0.25) is 10.1 Å². The number of nitrogens with one attached hydrogen (secondary N) is 2. The molecule has 6 nitrogen and oxygen atoms in total. The quantitative estimate of drug-likeness (QED) is 0.260. The number of nitro groups is 1. The van der Waals surface area contributed by atoms with Crippen LogP contribution in [0.5, 0.6) is 0 Å². The normalized spacial score (nSPS) is 20.4. The van der Waals surface area contributed by atoms with Crippen molar-refractivity contribution in [2.45, 2.75) is 32.9 Å². The van der Waals surface area contributed by atoms with E-state index in [2.05, 4.69) is 22.5 Å². The predicted octanol–water partition coefficient (Wildman–Crippen LogP) is 2.68. The Bertz CT molecular complexity index is 521. The van der Waals surface area contributed by atoms with Crippen molar-refractivity contribution >= 4 is 35.6 Å². The average molecular weight is 404 g/mol. The van der Waals surface area contributed by atoms with Gasteiger partial charge in [-0.15, -0.1) is 24.0 Å². The molecule has 0 aromatic heterocycles. The molecule has 1 aliphatic carbocycles. The van der Waals surface area contributed by atoms with Crippen LogP contribution in [0.4, 0.5) is 5.69 Å². The molecular formula is C14H21IN4O2. The van der Waals surface area contributed by atoms with Gasteiger partial charge in [0.25, 0.3) is 5.69 Å². The molecule has 2 atom stereocenters. The molecule has 2 N–H and O–H groups in total. The van der Waals surface area contributed by atoms with Gasteiger partial charge in [0.1, 0.15) is 0 Å². The Labute approximate surface area is 141 Å². The van der Waals surface area contributed by atoms with Crippen molar-refractivity contribution in [2.75, 3.05) is 6.54 Å². The highest BCUT2D eigenvalue weighted by molar-refractivity contribution is 14.0. The molecule has 7 heteroatoms. The minimum absolute atomic E-state index is 0. The van der Waals surface area contributed by atoms with Crippen molar-refractivity contribution in [3.8, 4) is 0 Å². The molecule has 1 aromatic carbocycles. The molecule has 0 radical (unpaired) electrons. The zero-order valence-corrected chi connectivity index (χ0v) is 14.5. The van der Waals surface area contributed by atoms with Crippen LogP contribution in [0, 0.1) is 16.0 Å². The number of halogens is 1. The van der Waals surface area contributed by atoms with Gasteiger partial charge >= 0.3 is 0 Å². The van der Waals surface area contributed by atoms with E-state index >= 15 is 0 Å². The van der Waals surface area contributed by atoms with E-state index in [-0.39, 0.29) is 34.6 Å². The molecule has 0 amide bonds. The van der Waals surface area contributed by atoms with Crippen LogP contribution in [0.25, 0.3) is 0 Å². The Kier molecular flexibility index (Phi) is 6.86. The fourth-order valence-electron chi connectivity index (χ4n) is 2.01. The van der Waals surface area contributed by atoms with Gasteiger partial charge in [-0.2, -0.15) is 0 Å². The van der Waals surface area contributed by atoms with Crippen molar-refractivity contribution < 1.29 is 4.92 Å². The van der Waals surface area contributed by atoms with Crippen LogP contribution in [0.2, 0.25) is 0 Å². The van der Waals surface area contributed by atoms with E-state index in [1.165, 1.54) is 6.07 Å². The molecule has 1 fully saturated rings. The first kappa shape index (κ1) is 17.7. The zero-order valence-electron chi connectivity index (χ0n) is 12.2. The number of hydrogen-bond donors (Lipinski definition) is 2. The molecule has 0 heterocycles. The van der Waals surface area contributed by atoms with E-state index in [0.29, 0.717) is 24.1 Å². The fourth-order valence-corrected chi connectivity index (χ4v) is 2.01. The van der Waals surface area contributed by atoms with Crippen molar-refractivity contribution in [1.82, 2.24) is 10.6 Å². The predicted molar refractivity (Wildman–Crippen MR) is 94.0 cm³/mol. The van der Waals surface area contributed by atoms with Gasteiger partial charge in [-0.25, -0.2) is 4.99 Å². The molecule has 116 valence electrons. The van der Waals surface area contributed by atoms with E-state index in [1.807, 2.05) is 6.92 Å². The Morgan fingerprint density at radius 3 is 2.71 bits per heavy atom. The third kappa shape index (κ3) is 5.14. The Balaban J connectivity index is 0.00000220. The van der Waals surface area contributed by atoms with Crippen LogP contribution in [0.15, 0.2) is 29.3 Å². The number of guanidine groups is 1. The van der Waals surface area contributed by atoms with E-state index in [9.17, 15) is 10.1 Å². The van der Waals surface area contributed by atoms with E-state index in [0.717, 1.165) is 18.9 Å². The van der Waals surface area contributed by atoms with Crippen LogP contribution in [0.3, 0.4) is 0 Å². The van der Waals surface area contributed by atoms with Crippen LogP contribution in [-0.4, -0.2) is 23.5 Å². The molecule has 0 saturated heterocycles. The molecule has 2 unspecified atom stereocenters. The number of nitro benzene ring substituents is 1. The number of aliphatic imine (C=N–C) groups is 1. The second kappa shape index (κ2) is 8.16. The molecular weight excluding hydrogens is 383 g/mol. The first-order valence-electron chi connectivity index (χ1n) is 6.89. The number of nitrogens with zero attached hydrogens (tertiary/aromatic N) is 2. The summed E-state index contributed by atoms with van der Waals surface area (Å²) in [5, 5.41) is 17.4. The SMILES string of the molecule is CCNC(=NCc1ccccc1[N+](=O)[O-])NC1CC1C.I. The number of rotatable bonds is 5. The molecule has 21 heavy (non-hydrogen) atoms. The first-order chi connectivity index (χ1) is 9.61. The minimum Gasteiger partial charge on any atom is -0.357 e. The Morgan fingerprint density at radius 1 is 1.48 bits per heavy atom. The largest absolute Gasteiger partial charge is 0.357 e. The van der Waals surface area contributed by atoms with Crippen molar-refractivity contribution in [3.63, 3.8) is 0 Å². The molecule has 0 spiro atoms. The molecule has 1 saturated carbocycles. The second-order valence-corrected chi connectivity index (χ2v) is 5.04. The van der Waals surface area contributed by atoms with E-state index < -0.39 is 0 Å². The number of hydrogen-bond acceptors (Lipinski definition) is 3. The highest BCUT2D eigenvalue weighted by Gasteiger charge is 2.33. The Hall–Kier alpha value is -1.38. The third-order valence-electron chi connectivity index (χ3n) is 3.37. The topological polar surface area (TPSA) is 79.6 Å². The standard InChI is InChI=1S/C14H20N4O2.HI/c1-3-15-14(17-12-8-10(12)2)16-9-11-6-4-5-7-13(11)18(19)20;/h4-7,10,12H,3,8-9H2,1-2H3,(H2,15,16,17);1H. The maximum absolute atomic E-state index is 10.9. The van der Waals surface area contributed by atoms with Crippen molar-refractivity contribution in [2.24, 2.45) is 10.9 Å². The molecule has 1 aliphatic rings. The average Bonchev–Trinajstić information content (AvgIpc) is 3.12. The van der Waals surface area contributed by atoms with Gasteiger partial charge in [-0.05, 0) is 19.3 Å². The van der Waals surface area contributed by atoms with Crippen molar-refractivity contribution in [1.29, 1.82) is 0 Å². The van der Waals surface area contributed by atoms with Crippen LogP contribution < -0.4 is 10.6 Å². The third-order valence-corrected chi connectivity index (χ3v) is 3.37. The second-order valence-electron chi connectivity index (χ2n) is 5.04. The summed E-state index contributed by atoms with van der Waals surface area (Å²) >= 11 is 0. The molecule has 1 aromatic rings. The van der Waals surface area contributed by atoms with Gasteiger partial charge in [0.2, 0.25) is 0 Å². The lowest BCUT2D eigenvalue weighted by atomic mass is 10.2. The van der Waals surface area contributed by atoms with E-state index in [4.69, 9.17) is 0 Å². The van der Waals surface area contributed by atoms with Crippen LogP contribution >= 0.6 is 24.0 Å². The summed E-state index contributed by atoms with van der Waals surface area (Å²) in [5.41, 5.74) is 0.741. The van der Waals surface area contributed by atoms with Gasteiger partial charge in [0.15, 0.2) is 5.96 Å². The van der Waals surface area contributed by atoms with Gasteiger partial charge < -0.3 is 10.6 Å². The Morgan fingerprint density at radius 2 is 2.14 bits per heavy atom. The van der Waals surface area contributed by atoms with Crippen molar-refractivity contribution in [3.05, 3.63) is 39.9 Å². The van der Waals surface area contributed by atoms with Gasteiger partial charge in [0.05, 0.1) is 17.0 Å². The summed E-state index contributed by atoms with van der Waals surface area (Å²) in [6, 6.07) is 7.18. The first-order valence-corrected chi connectivity index (χ1v) is 6.89. The molecule has 2 rings (SSSR count). The maximum atomic E-state index is 10.9. The van der Waals surface area contributed by atoms with Crippen LogP contribution in [-0.2, 0) is 6.54 Å². The summed E-state index contributed by atoms with van der Waals surface area (Å²) < 4.78 is 0. The summed E-state index contributed by atoms with van der Waals surface area (Å²) in [4.78, 5) is 15.0. The van der Waals surface area contributed by atoms with Gasteiger partial charge in [-0.1, -0.05) is 25.1 Å². The summed E-state index contributed by atoms with van der Waals surface area (Å²) in [6.45, 7) is 5.25. The minimum atomic E-state index is -0.367. The lowest BCUT2D eigenvalue weighted by Crippen LogP contribution is -2.39. The lowest BCUT2D eigenvalue weighted by Gasteiger charge is -2.10. The maximum Gasteiger partial charge on any atom is 0.274 e. The summed E-state index contributed by atoms with van der Waals surface area (Å²) in [5.74, 6) is 1.39. The monoisotopic (exact) mass is 404 g/mol. The zero-order chi connectivity index (χ0) is 14.5. The fraction of sp³-hybridized carbons (Fsp3) is 0.500. The number of benzene rings is 1. The highest BCUT2D eigenvalue weighted by Crippen LogP contribution is 2.28.